The molecular formula is C8H13N3O. The number of hydrogen-bond acceptors (Lipinski definition) is 2. The molecule has 4 nitrogen and oxygen atoms in total. The van der Waals surface area contributed by atoms with E-state index in [0.717, 1.165) is 25.9 Å². The summed E-state index contributed by atoms with van der Waals surface area (Å²) in [6, 6.07) is 1.88. The molecule has 1 fully saturated rings. The molecule has 0 spiro atoms. The van der Waals surface area contributed by atoms with Gasteiger partial charge in [0.05, 0.1) is 6.04 Å². The first-order valence-corrected chi connectivity index (χ1v) is 4.34. The van der Waals surface area contributed by atoms with Crippen molar-refractivity contribution in [2.75, 3.05) is 13.1 Å². The molecule has 1 saturated heterocycles. The van der Waals surface area contributed by atoms with Crippen molar-refractivity contribution in [2.24, 2.45) is 0 Å². The van der Waals surface area contributed by atoms with Gasteiger partial charge in [-0.25, -0.2) is 4.68 Å². The molecule has 4 heteroatoms. The molecule has 0 aromatic carbocycles. The SMILES string of the molecule is O=c1cc[nH]n1[C@H]1CCCNC1. The van der Waals surface area contributed by atoms with Gasteiger partial charge in [0.1, 0.15) is 0 Å². The highest BCUT2D eigenvalue weighted by molar-refractivity contribution is 4.85. The van der Waals surface area contributed by atoms with E-state index in [0.29, 0.717) is 6.04 Å². The first kappa shape index (κ1) is 7.61. The first-order valence-electron chi connectivity index (χ1n) is 4.34. The Morgan fingerprint density at radius 3 is 3.08 bits per heavy atom. The Morgan fingerprint density at radius 2 is 2.50 bits per heavy atom. The van der Waals surface area contributed by atoms with Crippen LogP contribution >= 0.6 is 0 Å². The molecule has 0 aliphatic carbocycles. The minimum Gasteiger partial charge on any atom is -0.315 e. The third kappa shape index (κ3) is 1.30. The summed E-state index contributed by atoms with van der Waals surface area (Å²) in [5, 5.41) is 6.21. The molecule has 2 heterocycles. The van der Waals surface area contributed by atoms with Gasteiger partial charge in [-0.3, -0.25) is 4.79 Å². The van der Waals surface area contributed by atoms with Gasteiger partial charge in [0.2, 0.25) is 0 Å². The Kier molecular flexibility index (Phi) is 1.99. The Labute approximate surface area is 70.6 Å². The van der Waals surface area contributed by atoms with Crippen LogP contribution in [0.15, 0.2) is 17.1 Å². The summed E-state index contributed by atoms with van der Waals surface area (Å²) in [7, 11) is 0. The number of rotatable bonds is 1. The number of H-pyrrole nitrogens is 1. The maximum absolute atomic E-state index is 11.2. The van der Waals surface area contributed by atoms with Crippen molar-refractivity contribution < 1.29 is 0 Å². The zero-order valence-corrected chi connectivity index (χ0v) is 6.92. The van der Waals surface area contributed by atoms with Crippen LogP contribution in [-0.4, -0.2) is 22.9 Å². The molecule has 0 saturated carbocycles. The molecule has 1 aromatic heterocycles. The third-order valence-corrected chi connectivity index (χ3v) is 2.31. The van der Waals surface area contributed by atoms with Gasteiger partial charge in [0, 0.05) is 18.8 Å². The molecule has 12 heavy (non-hydrogen) atoms. The zero-order valence-electron chi connectivity index (χ0n) is 6.92. The van der Waals surface area contributed by atoms with Crippen molar-refractivity contribution in [1.29, 1.82) is 0 Å². The number of aromatic nitrogens is 2. The van der Waals surface area contributed by atoms with Crippen LogP contribution in [0.1, 0.15) is 18.9 Å². The molecule has 0 unspecified atom stereocenters. The average Bonchev–Trinajstić information content (AvgIpc) is 2.53. The van der Waals surface area contributed by atoms with Crippen molar-refractivity contribution >= 4 is 0 Å². The van der Waals surface area contributed by atoms with Crippen LogP contribution in [0.4, 0.5) is 0 Å². The summed E-state index contributed by atoms with van der Waals surface area (Å²) in [4.78, 5) is 11.2. The molecule has 66 valence electrons. The van der Waals surface area contributed by atoms with Crippen LogP contribution in [0, 0.1) is 0 Å². The molecule has 1 aromatic rings. The lowest BCUT2D eigenvalue weighted by atomic mass is 10.1. The van der Waals surface area contributed by atoms with Gasteiger partial charge < -0.3 is 10.4 Å². The van der Waals surface area contributed by atoms with Gasteiger partial charge in [-0.05, 0) is 19.4 Å². The molecule has 0 bridgehead atoms. The van der Waals surface area contributed by atoms with E-state index in [1.165, 1.54) is 0 Å². The lowest BCUT2D eigenvalue weighted by Crippen LogP contribution is -2.35. The summed E-state index contributed by atoms with van der Waals surface area (Å²) in [5.41, 5.74) is 0.0729. The highest BCUT2D eigenvalue weighted by atomic mass is 16.1. The lowest BCUT2D eigenvalue weighted by molar-refractivity contribution is 0.340. The first-order chi connectivity index (χ1) is 5.88. The molecule has 1 aliphatic rings. The molecule has 0 radical (unpaired) electrons. The molecule has 1 atom stereocenters. The quantitative estimate of drug-likeness (QED) is 0.623. The highest BCUT2D eigenvalue weighted by Crippen LogP contribution is 2.12. The van der Waals surface area contributed by atoms with Gasteiger partial charge >= 0.3 is 0 Å². The van der Waals surface area contributed by atoms with Gasteiger partial charge in [0.25, 0.3) is 5.56 Å². The molecular weight excluding hydrogens is 154 g/mol. The lowest BCUT2D eigenvalue weighted by Gasteiger charge is -2.22. The average molecular weight is 167 g/mol. The van der Waals surface area contributed by atoms with Crippen molar-refractivity contribution in [2.45, 2.75) is 18.9 Å². The van der Waals surface area contributed by atoms with Gasteiger partial charge in [-0.15, -0.1) is 0 Å². The maximum atomic E-state index is 11.2. The van der Waals surface area contributed by atoms with E-state index in [9.17, 15) is 4.79 Å². The smallest absolute Gasteiger partial charge is 0.266 e. The van der Waals surface area contributed by atoms with Gasteiger partial charge in [-0.2, -0.15) is 0 Å². The monoisotopic (exact) mass is 167 g/mol. The number of hydrogen-bond donors (Lipinski definition) is 2. The van der Waals surface area contributed by atoms with Crippen molar-refractivity contribution in [1.82, 2.24) is 15.1 Å². The van der Waals surface area contributed by atoms with Crippen molar-refractivity contribution in [3.05, 3.63) is 22.6 Å². The second kappa shape index (κ2) is 3.15. The standard InChI is InChI=1S/C8H13N3O/c12-8-3-5-10-11(8)7-2-1-4-9-6-7/h3,5,7,9-10H,1-2,4,6H2/t7-/m0/s1. The van der Waals surface area contributed by atoms with Crippen LogP contribution < -0.4 is 10.9 Å². The highest BCUT2D eigenvalue weighted by Gasteiger charge is 2.15. The van der Waals surface area contributed by atoms with Crippen LogP contribution in [0.25, 0.3) is 0 Å². The fourth-order valence-electron chi connectivity index (χ4n) is 1.67. The molecule has 2 N–H and O–H groups in total. The minimum atomic E-state index is 0.0729. The normalized spacial score (nSPS) is 24.2. The second-order valence-corrected chi connectivity index (χ2v) is 3.17. The zero-order chi connectivity index (χ0) is 8.39. The van der Waals surface area contributed by atoms with E-state index in [4.69, 9.17) is 0 Å². The van der Waals surface area contributed by atoms with E-state index in [1.54, 1.807) is 16.9 Å². The summed E-state index contributed by atoms with van der Waals surface area (Å²) in [6.45, 7) is 1.98. The third-order valence-electron chi connectivity index (χ3n) is 2.31. The topological polar surface area (TPSA) is 49.8 Å². The van der Waals surface area contributed by atoms with E-state index >= 15 is 0 Å². The Bertz CT molecular complexity index is 295. The fraction of sp³-hybridized carbons (Fsp3) is 0.625. The van der Waals surface area contributed by atoms with E-state index in [2.05, 4.69) is 10.4 Å². The van der Waals surface area contributed by atoms with Crippen molar-refractivity contribution in [3.8, 4) is 0 Å². The Hall–Kier alpha value is -1.03. The number of piperidine rings is 1. The molecule has 0 amide bonds. The maximum Gasteiger partial charge on any atom is 0.266 e. The largest absolute Gasteiger partial charge is 0.315 e. The van der Waals surface area contributed by atoms with Gasteiger partial charge in [0.15, 0.2) is 0 Å². The molecule has 1 aliphatic heterocycles. The minimum absolute atomic E-state index is 0.0729. The second-order valence-electron chi connectivity index (χ2n) is 3.17. The summed E-state index contributed by atoms with van der Waals surface area (Å²) < 4.78 is 1.70. The van der Waals surface area contributed by atoms with E-state index in [-0.39, 0.29) is 5.56 Å². The Balaban J connectivity index is 2.18. The fourth-order valence-corrected chi connectivity index (χ4v) is 1.67. The summed E-state index contributed by atoms with van der Waals surface area (Å²) >= 11 is 0. The van der Waals surface area contributed by atoms with Crippen LogP contribution in [0.3, 0.4) is 0 Å². The summed E-state index contributed by atoms with van der Waals surface area (Å²) in [5.74, 6) is 0. The summed E-state index contributed by atoms with van der Waals surface area (Å²) in [6.07, 6.45) is 3.93. The molecule has 2 rings (SSSR count). The number of aromatic amines is 1. The van der Waals surface area contributed by atoms with Crippen LogP contribution in [-0.2, 0) is 0 Å². The van der Waals surface area contributed by atoms with Crippen molar-refractivity contribution in [3.63, 3.8) is 0 Å². The number of nitrogens with zero attached hydrogens (tertiary/aromatic N) is 1. The van der Waals surface area contributed by atoms with E-state index < -0.39 is 0 Å². The van der Waals surface area contributed by atoms with Crippen LogP contribution in [0.2, 0.25) is 0 Å². The predicted molar refractivity (Wildman–Crippen MR) is 46.2 cm³/mol. The predicted octanol–water partition coefficient (Wildman–Crippen LogP) is 0.101. The number of nitrogens with one attached hydrogen (secondary N) is 2. The van der Waals surface area contributed by atoms with Crippen LogP contribution in [0.5, 0.6) is 0 Å². The Morgan fingerprint density at radius 1 is 1.58 bits per heavy atom. The van der Waals surface area contributed by atoms with E-state index in [1.807, 2.05) is 0 Å². The van der Waals surface area contributed by atoms with Gasteiger partial charge in [-0.1, -0.05) is 0 Å².